The van der Waals surface area contributed by atoms with E-state index in [0.29, 0.717) is 18.0 Å². The fourth-order valence-corrected chi connectivity index (χ4v) is 6.69. The smallest absolute Gasteiger partial charge is 0.324 e. The van der Waals surface area contributed by atoms with Gasteiger partial charge in [-0.1, -0.05) is 78.9 Å². The standard InChI is InChI=1S/C34H32N2O7/c1-34(2)42-25-18-24(41-33(25)43-34)28-26-27(31(38)36(30(26)37)23-16-10-5-11-17-23)29(35(28)19-21-12-6-3-7-13-21)32(39)40-20-22-14-8-4-9-15-22/h3-18,25-29,33H,19-20H2,1-2H3/t25-,26-,27+,28-,29+,33-/m1/s1. The maximum Gasteiger partial charge on any atom is 0.324 e. The number of hydrogen-bond acceptors (Lipinski definition) is 8. The van der Waals surface area contributed by atoms with Crippen LogP contribution in [0.25, 0.3) is 0 Å². The van der Waals surface area contributed by atoms with Crippen LogP contribution in [-0.2, 0) is 46.5 Å². The van der Waals surface area contributed by atoms with E-state index in [1.165, 1.54) is 4.90 Å². The number of ether oxygens (including phenoxy) is 4. The van der Waals surface area contributed by atoms with E-state index in [9.17, 15) is 14.4 Å². The van der Waals surface area contributed by atoms with E-state index in [1.807, 2.05) is 91.6 Å². The van der Waals surface area contributed by atoms with E-state index in [0.717, 1.165) is 11.1 Å². The number of nitrogens with zero attached hydrogens (tertiary/aromatic N) is 2. The van der Waals surface area contributed by atoms with Gasteiger partial charge in [-0.2, -0.15) is 0 Å². The van der Waals surface area contributed by atoms with Gasteiger partial charge in [0.15, 0.2) is 5.79 Å². The molecule has 4 aliphatic rings. The second-order valence-electron chi connectivity index (χ2n) is 11.7. The van der Waals surface area contributed by atoms with Crippen molar-refractivity contribution >= 4 is 23.5 Å². The number of rotatable bonds is 7. The molecule has 220 valence electrons. The molecule has 0 saturated carbocycles. The molecule has 4 aliphatic heterocycles. The lowest BCUT2D eigenvalue weighted by atomic mass is 9.88. The molecule has 3 aromatic rings. The molecular weight excluding hydrogens is 548 g/mol. The van der Waals surface area contributed by atoms with Crippen molar-refractivity contribution in [2.75, 3.05) is 4.90 Å². The van der Waals surface area contributed by atoms with Crippen LogP contribution >= 0.6 is 0 Å². The minimum Gasteiger partial charge on any atom is -0.465 e. The molecule has 0 unspecified atom stereocenters. The predicted molar refractivity (Wildman–Crippen MR) is 155 cm³/mol. The monoisotopic (exact) mass is 580 g/mol. The van der Waals surface area contributed by atoms with Crippen molar-refractivity contribution in [1.29, 1.82) is 0 Å². The van der Waals surface area contributed by atoms with Crippen LogP contribution in [0.5, 0.6) is 0 Å². The van der Waals surface area contributed by atoms with E-state index < -0.39 is 54.0 Å². The summed E-state index contributed by atoms with van der Waals surface area (Å²) >= 11 is 0. The van der Waals surface area contributed by atoms with Crippen LogP contribution in [0, 0.1) is 11.8 Å². The Morgan fingerprint density at radius 2 is 1.42 bits per heavy atom. The van der Waals surface area contributed by atoms with Gasteiger partial charge in [-0.25, -0.2) is 4.90 Å². The summed E-state index contributed by atoms with van der Waals surface area (Å²) in [6, 6.07) is 26.0. The number of hydrogen-bond donors (Lipinski definition) is 0. The Kier molecular flexibility index (Phi) is 6.88. The van der Waals surface area contributed by atoms with Gasteiger partial charge in [0, 0.05) is 6.54 Å². The summed E-state index contributed by atoms with van der Waals surface area (Å²) in [5.74, 6) is -3.63. The first kappa shape index (κ1) is 27.5. The molecular formula is C34H32N2O7. The number of anilines is 1. The van der Waals surface area contributed by atoms with Crippen molar-refractivity contribution in [1.82, 2.24) is 4.90 Å². The molecule has 7 rings (SSSR count). The summed E-state index contributed by atoms with van der Waals surface area (Å²) < 4.78 is 24.1. The second-order valence-corrected chi connectivity index (χ2v) is 11.7. The van der Waals surface area contributed by atoms with Gasteiger partial charge in [-0.15, -0.1) is 0 Å². The van der Waals surface area contributed by atoms with Gasteiger partial charge >= 0.3 is 5.97 Å². The number of likely N-dealkylation sites (tertiary alicyclic amines) is 1. The van der Waals surface area contributed by atoms with E-state index in [1.54, 1.807) is 24.3 Å². The first-order valence-electron chi connectivity index (χ1n) is 14.5. The second kappa shape index (κ2) is 10.8. The fourth-order valence-electron chi connectivity index (χ4n) is 6.69. The largest absolute Gasteiger partial charge is 0.465 e. The SMILES string of the molecule is CC1(C)O[C@H]2OC([C@@H]3[C@@H]4C(=O)N(c5ccccc5)C(=O)[C@@H]4[C@@H](C(=O)OCc4ccccc4)N3Cc3ccccc3)=C[C@H]2O1. The van der Waals surface area contributed by atoms with Gasteiger partial charge in [-0.05, 0) is 43.2 Å². The molecule has 3 saturated heterocycles. The lowest BCUT2D eigenvalue weighted by molar-refractivity contribution is -0.184. The van der Waals surface area contributed by atoms with E-state index in [-0.39, 0.29) is 12.5 Å². The topological polar surface area (TPSA) is 94.6 Å². The van der Waals surface area contributed by atoms with Gasteiger partial charge in [0.05, 0.1) is 23.6 Å². The molecule has 2 amide bonds. The molecule has 0 radical (unpaired) electrons. The normalized spacial score (nSPS) is 29.3. The van der Waals surface area contributed by atoms with E-state index in [2.05, 4.69) is 0 Å². The van der Waals surface area contributed by atoms with Crippen LogP contribution in [0.3, 0.4) is 0 Å². The van der Waals surface area contributed by atoms with E-state index in [4.69, 9.17) is 18.9 Å². The molecule has 43 heavy (non-hydrogen) atoms. The third-order valence-electron chi connectivity index (χ3n) is 8.44. The lowest BCUT2D eigenvalue weighted by Gasteiger charge is -2.33. The van der Waals surface area contributed by atoms with Crippen molar-refractivity contribution in [2.45, 2.75) is 57.3 Å². The minimum atomic E-state index is -1.03. The third kappa shape index (κ3) is 4.93. The molecule has 0 aromatic heterocycles. The van der Waals surface area contributed by atoms with E-state index >= 15 is 0 Å². The number of carbonyl (C=O) groups is 3. The lowest BCUT2D eigenvalue weighted by Crippen LogP contribution is -2.49. The van der Waals surface area contributed by atoms with Crippen LogP contribution in [0.15, 0.2) is 103 Å². The minimum absolute atomic E-state index is 0.0437. The van der Waals surface area contributed by atoms with Crippen molar-refractivity contribution in [3.63, 3.8) is 0 Å². The van der Waals surface area contributed by atoms with Crippen LogP contribution in [0.1, 0.15) is 25.0 Å². The summed E-state index contributed by atoms with van der Waals surface area (Å²) in [7, 11) is 0. The summed E-state index contributed by atoms with van der Waals surface area (Å²) in [6.07, 6.45) is 0.645. The molecule has 9 heteroatoms. The number of amides is 2. The highest BCUT2D eigenvalue weighted by Crippen LogP contribution is 2.49. The summed E-state index contributed by atoms with van der Waals surface area (Å²) in [5, 5.41) is 0. The van der Waals surface area contributed by atoms with Crippen LogP contribution < -0.4 is 4.90 Å². The number of para-hydroxylation sites is 1. The van der Waals surface area contributed by atoms with Gasteiger partial charge in [0.2, 0.25) is 18.1 Å². The Hall–Kier alpha value is -4.31. The highest BCUT2D eigenvalue weighted by molar-refractivity contribution is 6.23. The van der Waals surface area contributed by atoms with Gasteiger partial charge in [0.25, 0.3) is 0 Å². The Balaban J connectivity index is 1.30. The highest BCUT2D eigenvalue weighted by Gasteiger charge is 2.66. The molecule has 3 aromatic carbocycles. The molecule has 0 bridgehead atoms. The van der Waals surface area contributed by atoms with Crippen molar-refractivity contribution in [3.8, 4) is 0 Å². The number of fused-ring (bicyclic) bond motifs is 2. The maximum absolute atomic E-state index is 14.2. The molecule has 0 N–H and O–H groups in total. The molecule has 0 aliphatic carbocycles. The van der Waals surface area contributed by atoms with Crippen molar-refractivity contribution in [2.24, 2.45) is 11.8 Å². The van der Waals surface area contributed by atoms with Crippen LogP contribution in [-0.4, -0.2) is 52.9 Å². The Morgan fingerprint density at radius 3 is 2.07 bits per heavy atom. The Bertz CT molecular complexity index is 1560. The Labute approximate surface area is 249 Å². The first-order chi connectivity index (χ1) is 20.8. The predicted octanol–water partition coefficient (Wildman–Crippen LogP) is 4.18. The van der Waals surface area contributed by atoms with Gasteiger partial charge < -0.3 is 18.9 Å². The van der Waals surface area contributed by atoms with Gasteiger partial charge in [0.1, 0.15) is 24.5 Å². The van der Waals surface area contributed by atoms with Crippen molar-refractivity contribution < 1.29 is 33.3 Å². The molecule has 6 atom stereocenters. The molecule has 9 nitrogen and oxygen atoms in total. The average molecular weight is 581 g/mol. The summed E-state index contributed by atoms with van der Waals surface area (Å²) in [4.78, 5) is 45.6. The number of esters is 1. The molecule has 4 heterocycles. The number of imide groups is 1. The zero-order valence-corrected chi connectivity index (χ0v) is 23.9. The zero-order valence-electron chi connectivity index (χ0n) is 23.9. The van der Waals surface area contributed by atoms with Crippen LogP contribution in [0.4, 0.5) is 5.69 Å². The number of benzene rings is 3. The van der Waals surface area contributed by atoms with Gasteiger partial charge in [-0.3, -0.25) is 19.3 Å². The van der Waals surface area contributed by atoms with Crippen LogP contribution in [0.2, 0.25) is 0 Å². The summed E-state index contributed by atoms with van der Waals surface area (Å²) in [5.41, 5.74) is 2.20. The third-order valence-corrected chi connectivity index (χ3v) is 8.44. The van der Waals surface area contributed by atoms with Crippen molar-refractivity contribution in [3.05, 3.63) is 114 Å². The Morgan fingerprint density at radius 1 is 0.814 bits per heavy atom. The fraction of sp³-hybridized carbons (Fsp3) is 0.324. The quantitative estimate of drug-likeness (QED) is 0.304. The summed E-state index contributed by atoms with van der Waals surface area (Å²) in [6.45, 7) is 3.96. The zero-order chi connectivity index (χ0) is 29.7. The molecule has 3 fully saturated rings. The first-order valence-corrected chi connectivity index (χ1v) is 14.5. The number of carbonyl (C=O) groups excluding carboxylic acids is 3. The maximum atomic E-state index is 14.2. The molecule has 0 spiro atoms. The highest BCUT2D eigenvalue weighted by atomic mass is 16.8. The average Bonchev–Trinajstić information content (AvgIpc) is 3.69.